The molecule has 0 radical (unpaired) electrons. The first-order valence-electron chi connectivity index (χ1n) is 12.9. The highest BCUT2D eigenvalue weighted by Gasteiger charge is 2.06. The summed E-state index contributed by atoms with van der Waals surface area (Å²) in [4.78, 5) is 21.6. The average molecular weight is 485 g/mol. The zero-order valence-corrected chi connectivity index (χ0v) is 21.9. The van der Waals surface area contributed by atoms with Gasteiger partial charge in [-0.25, -0.2) is 4.57 Å². The summed E-state index contributed by atoms with van der Waals surface area (Å²) >= 11 is 0. The zero-order chi connectivity index (χ0) is 24.5. The van der Waals surface area contributed by atoms with Crippen LogP contribution in [0.3, 0.4) is 0 Å². The van der Waals surface area contributed by atoms with Crippen molar-refractivity contribution in [1.82, 2.24) is 0 Å². The monoisotopic (exact) mass is 484 g/mol. The number of unbranched alkanes of at least 4 members (excludes halogenated alkanes) is 15. The Morgan fingerprint density at radius 1 is 0.656 bits per heavy atom. The largest absolute Gasteiger partial charge is 0.466 e. The second-order valence-corrected chi connectivity index (χ2v) is 9.72. The lowest BCUT2D eigenvalue weighted by Crippen LogP contribution is -2.21. The predicted molar refractivity (Wildman–Crippen MR) is 131 cm³/mol. The van der Waals surface area contributed by atoms with Crippen molar-refractivity contribution in [3.05, 3.63) is 0 Å². The van der Waals surface area contributed by atoms with E-state index in [1.54, 1.807) is 0 Å². The molecule has 0 aliphatic rings. The van der Waals surface area contributed by atoms with Crippen LogP contribution in [0.15, 0.2) is 0 Å². The molecule has 32 heavy (non-hydrogen) atoms. The van der Waals surface area contributed by atoms with Gasteiger partial charge in [-0.3, -0.25) is 0 Å². The van der Waals surface area contributed by atoms with Crippen molar-refractivity contribution >= 4 is 7.82 Å². The van der Waals surface area contributed by atoms with Crippen LogP contribution in [0.5, 0.6) is 0 Å². The van der Waals surface area contributed by atoms with Gasteiger partial charge in [0.25, 0.3) is 0 Å². The van der Waals surface area contributed by atoms with E-state index in [2.05, 4.69) is 6.92 Å². The molecule has 0 spiro atoms. The molecule has 0 aliphatic carbocycles. The summed E-state index contributed by atoms with van der Waals surface area (Å²) in [5.41, 5.74) is 0. The minimum Gasteiger partial charge on any atom is -0.376 e. The number of hydrogen-bond donors (Lipinski definition) is 4. The molecular weight excluding hydrogens is 431 g/mol. The number of rotatable bonds is 22. The first-order valence-corrected chi connectivity index (χ1v) is 14.5. The molecule has 8 heteroatoms. The van der Waals surface area contributed by atoms with E-state index in [9.17, 15) is 5.11 Å². The van der Waals surface area contributed by atoms with Crippen molar-refractivity contribution < 1.29 is 33.8 Å². The summed E-state index contributed by atoms with van der Waals surface area (Å²) in [7, 11) is -4.64. The molecule has 0 amide bonds. The minimum absolute atomic E-state index is 0.0718. The minimum atomic E-state index is -4.64. The van der Waals surface area contributed by atoms with Gasteiger partial charge in [0.05, 0.1) is 12.7 Å². The van der Waals surface area contributed by atoms with E-state index in [-0.39, 0.29) is 6.10 Å². The van der Waals surface area contributed by atoms with Crippen molar-refractivity contribution in [2.75, 3.05) is 13.2 Å². The standard InChI is InChI=1S/C24H50O3.H3O4P/c1-4-6-7-8-9-10-11-12-13-14-15-16-17-18-19-20-21-26-23(3)22-27-24(25)5-2;1-5(2,3)4/h23-25H,4-22H2,1-3H3;(H3,1,2,3,4). The van der Waals surface area contributed by atoms with Crippen LogP contribution in [-0.4, -0.2) is 45.4 Å². The highest BCUT2D eigenvalue weighted by molar-refractivity contribution is 7.45. The summed E-state index contributed by atoms with van der Waals surface area (Å²) in [5.74, 6) is 0. The Labute approximate surface area is 197 Å². The van der Waals surface area contributed by atoms with Crippen molar-refractivity contribution in [2.45, 2.75) is 142 Å². The average Bonchev–Trinajstić information content (AvgIpc) is 2.73. The van der Waals surface area contributed by atoms with Crippen LogP contribution in [-0.2, 0) is 14.0 Å². The molecule has 0 heterocycles. The Kier molecular flexibility index (Phi) is 27.3. The molecule has 0 aromatic rings. The summed E-state index contributed by atoms with van der Waals surface area (Å²) in [6.07, 6.45) is 22.3. The molecule has 4 N–H and O–H groups in total. The molecule has 0 rings (SSSR count). The van der Waals surface area contributed by atoms with Gasteiger partial charge in [-0.2, -0.15) is 0 Å². The Morgan fingerprint density at radius 2 is 1.00 bits per heavy atom. The molecule has 0 aliphatic heterocycles. The maximum Gasteiger partial charge on any atom is 0.466 e. The highest BCUT2D eigenvalue weighted by Crippen LogP contribution is 2.25. The Hall–Kier alpha value is -0.0100. The SMILES string of the molecule is CCCCCCCCCCCCCCCCCCOC(C)COC(O)CC.O=P(O)(O)O. The molecule has 0 saturated heterocycles. The van der Waals surface area contributed by atoms with Crippen LogP contribution < -0.4 is 0 Å². The van der Waals surface area contributed by atoms with E-state index in [1.165, 1.54) is 96.3 Å². The summed E-state index contributed by atoms with van der Waals surface area (Å²) in [5, 5.41) is 9.35. The van der Waals surface area contributed by atoms with Crippen LogP contribution in [0.25, 0.3) is 0 Å². The van der Waals surface area contributed by atoms with Gasteiger partial charge >= 0.3 is 7.82 Å². The van der Waals surface area contributed by atoms with Crippen LogP contribution in [0.4, 0.5) is 0 Å². The van der Waals surface area contributed by atoms with Gasteiger partial charge in [0.15, 0.2) is 6.29 Å². The molecule has 0 fully saturated rings. The van der Waals surface area contributed by atoms with E-state index in [0.29, 0.717) is 13.0 Å². The molecule has 2 unspecified atom stereocenters. The molecule has 0 saturated carbocycles. The van der Waals surface area contributed by atoms with Gasteiger partial charge in [-0.1, -0.05) is 110 Å². The lowest BCUT2D eigenvalue weighted by Gasteiger charge is -2.15. The molecule has 0 bridgehead atoms. The number of aliphatic hydroxyl groups is 1. The zero-order valence-electron chi connectivity index (χ0n) is 21.1. The molecule has 7 nitrogen and oxygen atoms in total. The molecule has 0 aromatic carbocycles. The highest BCUT2D eigenvalue weighted by atomic mass is 31.2. The fourth-order valence-corrected chi connectivity index (χ4v) is 3.35. The summed E-state index contributed by atoms with van der Waals surface area (Å²) in [6, 6.07) is 0. The van der Waals surface area contributed by atoms with E-state index in [1.807, 2.05) is 13.8 Å². The number of phosphoric acid groups is 1. The van der Waals surface area contributed by atoms with Gasteiger partial charge in [-0.15, -0.1) is 0 Å². The Morgan fingerprint density at radius 3 is 1.34 bits per heavy atom. The lowest BCUT2D eigenvalue weighted by molar-refractivity contribution is -0.128. The second-order valence-electron chi connectivity index (χ2n) is 8.69. The summed E-state index contributed by atoms with van der Waals surface area (Å²) in [6.45, 7) is 7.50. The first-order chi connectivity index (χ1) is 15.2. The predicted octanol–water partition coefficient (Wildman–Crippen LogP) is 6.47. The molecule has 0 aromatic heterocycles. The fraction of sp³-hybridized carbons (Fsp3) is 1.00. The van der Waals surface area contributed by atoms with Gasteiger partial charge in [0.1, 0.15) is 0 Å². The Bertz CT molecular complexity index is 396. The fourth-order valence-electron chi connectivity index (χ4n) is 3.35. The maximum atomic E-state index is 9.35. The third-order valence-electron chi connectivity index (χ3n) is 5.27. The van der Waals surface area contributed by atoms with Gasteiger partial charge in [-0.05, 0) is 19.8 Å². The summed E-state index contributed by atoms with van der Waals surface area (Å²) < 4.78 is 19.9. The van der Waals surface area contributed by atoms with Crippen LogP contribution >= 0.6 is 7.82 Å². The number of aliphatic hydroxyl groups excluding tert-OH is 1. The topological polar surface area (TPSA) is 116 Å². The third-order valence-corrected chi connectivity index (χ3v) is 5.27. The quantitative estimate of drug-likeness (QED) is 0.0790. The number of hydrogen-bond acceptors (Lipinski definition) is 4. The van der Waals surface area contributed by atoms with Crippen LogP contribution in [0.1, 0.15) is 130 Å². The van der Waals surface area contributed by atoms with E-state index >= 15 is 0 Å². The molecule has 2 atom stereocenters. The van der Waals surface area contributed by atoms with Gasteiger partial charge in [0.2, 0.25) is 0 Å². The van der Waals surface area contributed by atoms with Crippen molar-refractivity contribution in [1.29, 1.82) is 0 Å². The Balaban J connectivity index is 0. The van der Waals surface area contributed by atoms with Crippen LogP contribution in [0.2, 0.25) is 0 Å². The maximum absolute atomic E-state index is 9.35. The lowest BCUT2D eigenvalue weighted by atomic mass is 10.0. The normalized spacial score (nSPS) is 13.5. The van der Waals surface area contributed by atoms with Crippen molar-refractivity contribution in [3.8, 4) is 0 Å². The second kappa shape index (κ2) is 25.6. The smallest absolute Gasteiger partial charge is 0.376 e. The molecule has 196 valence electrons. The van der Waals surface area contributed by atoms with E-state index < -0.39 is 14.1 Å². The van der Waals surface area contributed by atoms with Crippen molar-refractivity contribution in [2.24, 2.45) is 0 Å². The number of ether oxygens (including phenoxy) is 2. The first kappa shape index (κ1) is 34.2. The van der Waals surface area contributed by atoms with Gasteiger partial charge < -0.3 is 29.3 Å². The van der Waals surface area contributed by atoms with E-state index in [0.717, 1.165) is 13.0 Å². The molecular formula is C24H53O7P. The van der Waals surface area contributed by atoms with Crippen molar-refractivity contribution in [3.63, 3.8) is 0 Å². The van der Waals surface area contributed by atoms with E-state index in [4.69, 9.17) is 28.7 Å². The third kappa shape index (κ3) is 37.3. The van der Waals surface area contributed by atoms with Gasteiger partial charge in [0, 0.05) is 6.61 Å². The van der Waals surface area contributed by atoms with Crippen LogP contribution in [0, 0.1) is 0 Å².